The third-order valence-electron chi connectivity index (χ3n) is 3.84. The predicted octanol–water partition coefficient (Wildman–Crippen LogP) is 1.55. The van der Waals surface area contributed by atoms with E-state index in [4.69, 9.17) is 0 Å². The van der Waals surface area contributed by atoms with Crippen LogP contribution in [0.3, 0.4) is 0 Å². The van der Waals surface area contributed by atoms with E-state index >= 15 is 0 Å². The molecule has 1 aliphatic rings. The molecule has 0 radical (unpaired) electrons. The lowest BCUT2D eigenvalue weighted by Crippen LogP contribution is -2.49. The molecule has 122 valence electrons. The van der Waals surface area contributed by atoms with Crippen molar-refractivity contribution >= 4 is 17.7 Å². The Morgan fingerprint density at radius 2 is 2.09 bits per heavy atom. The first-order valence-electron chi connectivity index (χ1n) is 7.04. The Hall–Kier alpha value is -1.18. The first-order valence-corrected chi connectivity index (χ1v) is 8.19. The van der Waals surface area contributed by atoms with Crippen LogP contribution in [0.15, 0.2) is 18.2 Å². The molecule has 7 heteroatoms. The highest BCUT2D eigenvalue weighted by atomic mass is 32.2. The van der Waals surface area contributed by atoms with Crippen LogP contribution in [0.25, 0.3) is 0 Å². The summed E-state index contributed by atoms with van der Waals surface area (Å²) in [5.74, 6) is -0.713. The maximum absolute atomic E-state index is 13.9. The van der Waals surface area contributed by atoms with Gasteiger partial charge in [0.2, 0.25) is 0 Å². The molecule has 1 fully saturated rings. The number of likely N-dealkylation sites (N-methyl/N-ethyl adjacent to an activating group) is 1. The smallest absolute Gasteiger partial charge is 0.252 e. The van der Waals surface area contributed by atoms with E-state index in [2.05, 4.69) is 5.32 Å². The number of hydrogen-bond acceptors (Lipinski definition) is 4. The van der Waals surface area contributed by atoms with Crippen LogP contribution in [0.5, 0.6) is 0 Å². The van der Waals surface area contributed by atoms with Gasteiger partial charge < -0.3 is 15.3 Å². The molecule has 1 amide bonds. The summed E-state index contributed by atoms with van der Waals surface area (Å²) in [7, 11) is 3.37. The van der Waals surface area contributed by atoms with E-state index in [0.717, 1.165) is 5.75 Å². The van der Waals surface area contributed by atoms with E-state index in [9.17, 15) is 18.7 Å². The molecule has 0 saturated carbocycles. The molecule has 2 unspecified atom stereocenters. The maximum Gasteiger partial charge on any atom is 0.252 e. The fraction of sp³-hybridized carbons (Fsp3) is 0.533. The number of aliphatic hydroxyl groups is 1. The number of hydrogen-bond donors (Lipinski definition) is 2. The van der Waals surface area contributed by atoms with Crippen LogP contribution in [0.2, 0.25) is 0 Å². The van der Waals surface area contributed by atoms with Crippen molar-refractivity contribution in [1.29, 1.82) is 0 Å². The third kappa shape index (κ3) is 3.59. The molecule has 0 spiro atoms. The lowest BCUT2D eigenvalue weighted by atomic mass is 10.0. The van der Waals surface area contributed by atoms with Crippen molar-refractivity contribution in [3.63, 3.8) is 0 Å². The number of amides is 1. The monoisotopic (exact) mass is 330 g/mol. The zero-order valence-corrected chi connectivity index (χ0v) is 13.4. The SMILES string of the molecule is CN(C)C(CNC(=O)C1(O)CCSC1)c1c(F)cccc1F. The first-order chi connectivity index (χ1) is 10.3. The van der Waals surface area contributed by atoms with E-state index < -0.39 is 29.2 Å². The molecule has 2 N–H and O–H groups in total. The summed E-state index contributed by atoms with van der Waals surface area (Å²) in [6.07, 6.45) is 0.393. The van der Waals surface area contributed by atoms with E-state index in [0.29, 0.717) is 12.2 Å². The minimum atomic E-state index is -1.38. The summed E-state index contributed by atoms with van der Waals surface area (Å²) in [5, 5.41) is 12.8. The summed E-state index contributed by atoms with van der Waals surface area (Å²) in [4.78, 5) is 13.7. The predicted molar refractivity (Wildman–Crippen MR) is 82.7 cm³/mol. The number of halogens is 2. The second-order valence-electron chi connectivity index (χ2n) is 5.66. The summed E-state index contributed by atoms with van der Waals surface area (Å²) < 4.78 is 27.9. The van der Waals surface area contributed by atoms with Crippen molar-refractivity contribution in [3.05, 3.63) is 35.4 Å². The van der Waals surface area contributed by atoms with Gasteiger partial charge >= 0.3 is 0 Å². The molecule has 0 bridgehead atoms. The molecule has 0 aromatic heterocycles. The van der Waals surface area contributed by atoms with E-state index in [1.54, 1.807) is 19.0 Å². The van der Waals surface area contributed by atoms with Crippen LogP contribution in [-0.4, -0.2) is 53.7 Å². The van der Waals surface area contributed by atoms with Gasteiger partial charge in [-0.15, -0.1) is 0 Å². The number of nitrogens with zero attached hydrogens (tertiary/aromatic N) is 1. The number of benzene rings is 1. The van der Waals surface area contributed by atoms with Crippen LogP contribution in [0, 0.1) is 11.6 Å². The van der Waals surface area contributed by atoms with Crippen LogP contribution in [0.4, 0.5) is 8.78 Å². The topological polar surface area (TPSA) is 52.6 Å². The fourth-order valence-corrected chi connectivity index (χ4v) is 3.70. The Kier molecular flexibility index (Phi) is 5.41. The number of carbonyl (C=O) groups excluding carboxylic acids is 1. The molecular formula is C15H20F2N2O2S. The first kappa shape index (κ1) is 17.2. The second-order valence-corrected chi connectivity index (χ2v) is 6.76. The second kappa shape index (κ2) is 6.93. The average molecular weight is 330 g/mol. The molecule has 1 saturated heterocycles. The zero-order valence-electron chi connectivity index (χ0n) is 12.6. The van der Waals surface area contributed by atoms with Gasteiger partial charge in [-0.1, -0.05) is 6.07 Å². The van der Waals surface area contributed by atoms with Crippen molar-refractivity contribution < 1.29 is 18.7 Å². The molecule has 1 aromatic rings. The van der Waals surface area contributed by atoms with E-state index in [1.807, 2.05) is 0 Å². The van der Waals surface area contributed by atoms with Crippen LogP contribution >= 0.6 is 11.8 Å². The molecule has 0 aliphatic carbocycles. The zero-order chi connectivity index (χ0) is 16.3. The third-order valence-corrected chi connectivity index (χ3v) is 5.01. The number of nitrogens with one attached hydrogen (secondary N) is 1. The largest absolute Gasteiger partial charge is 0.379 e. The Balaban J connectivity index is 2.12. The summed E-state index contributed by atoms with van der Waals surface area (Å²) in [6.45, 7) is 0.0245. The van der Waals surface area contributed by atoms with Gasteiger partial charge in [0, 0.05) is 17.9 Å². The molecule has 22 heavy (non-hydrogen) atoms. The van der Waals surface area contributed by atoms with Crippen LogP contribution in [-0.2, 0) is 4.79 Å². The van der Waals surface area contributed by atoms with Crippen LogP contribution < -0.4 is 5.32 Å². The standard InChI is InChI=1S/C15H20F2N2O2S/c1-19(2)12(13-10(16)4-3-5-11(13)17)8-18-14(20)15(21)6-7-22-9-15/h3-5,12,21H,6-9H2,1-2H3,(H,18,20). The average Bonchev–Trinajstić information content (AvgIpc) is 2.89. The van der Waals surface area contributed by atoms with Crippen LogP contribution in [0.1, 0.15) is 18.0 Å². The van der Waals surface area contributed by atoms with Gasteiger partial charge in [-0.25, -0.2) is 8.78 Å². The Morgan fingerprint density at radius 3 is 2.59 bits per heavy atom. The summed E-state index contributed by atoms with van der Waals surface area (Å²) in [5.41, 5.74) is -1.46. The highest BCUT2D eigenvalue weighted by Crippen LogP contribution is 2.28. The van der Waals surface area contributed by atoms with Gasteiger partial charge in [0.25, 0.3) is 5.91 Å². The van der Waals surface area contributed by atoms with Gasteiger partial charge in [0.15, 0.2) is 5.60 Å². The Labute approximate surface area is 132 Å². The minimum absolute atomic E-state index is 0.0245. The number of rotatable bonds is 5. The number of thioether (sulfide) groups is 1. The molecule has 1 aliphatic heterocycles. The molecular weight excluding hydrogens is 310 g/mol. The van der Waals surface area contributed by atoms with Crippen molar-refractivity contribution in [1.82, 2.24) is 10.2 Å². The van der Waals surface area contributed by atoms with Gasteiger partial charge in [-0.3, -0.25) is 4.79 Å². The highest BCUT2D eigenvalue weighted by molar-refractivity contribution is 7.99. The normalized spacial score (nSPS) is 22.8. The quantitative estimate of drug-likeness (QED) is 0.860. The molecule has 2 rings (SSSR count). The lowest BCUT2D eigenvalue weighted by molar-refractivity contribution is -0.137. The Morgan fingerprint density at radius 1 is 1.45 bits per heavy atom. The molecule has 4 nitrogen and oxygen atoms in total. The van der Waals surface area contributed by atoms with Gasteiger partial charge in [-0.05, 0) is 38.4 Å². The molecule has 1 aromatic carbocycles. The highest BCUT2D eigenvalue weighted by Gasteiger charge is 2.39. The van der Waals surface area contributed by atoms with Crippen molar-refractivity contribution in [2.24, 2.45) is 0 Å². The van der Waals surface area contributed by atoms with Gasteiger partial charge in [0.05, 0.1) is 6.04 Å². The molecule has 2 atom stereocenters. The fourth-order valence-electron chi connectivity index (χ4n) is 2.46. The molecule has 1 heterocycles. The van der Waals surface area contributed by atoms with Crippen molar-refractivity contribution in [2.45, 2.75) is 18.1 Å². The minimum Gasteiger partial charge on any atom is -0.379 e. The van der Waals surface area contributed by atoms with E-state index in [-0.39, 0.29) is 12.1 Å². The van der Waals surface area contributed by atoms with Crippen molar-refractivity contribution in [2.75, 3.05) is 32.1 Å². The van der Waals surface area contributed by atoms with Crippen molar-refractivity contribution in [3.8, 4) is 0 Å². The van der Waals surface area contributed by atoms with E-state index in [1.165, 1.54) is 30.0 Å². The lowest BCUT2D eigenvalue weighted by Gasteiger charge is -2.28. The summed E-state index contributed by atoms with van der Waals surface area (Å²) in [6, 6.07) is 3.04. The Bertz CT molecular complexity index is 528. The number of carbonyl (C=O) groups is 1. The maximum atomic E-state index is 13.9. The van der Waals surface area contributed by atoms with Gasteiger partial charge in [0.1, 0.15) is 11.6 Å². The summed E-state index contributed by atoms with van der Waals surface area (Å²) >= 11 is 1.51. The van der Waals surface area contributed by atoms with Gasteiger partial charge in [-0.2, -0.15) is 11.8 Å².